The number of fused-ring (bicyclic) bond motifs is 4. The highest BCUT2D eigenvalue weighted by molar-refractivity contribution is 14.1. The lowest BCUT2D eigenvalue weighted by atomic mass is 9.86. The Labute approximate surface area is 436 Å². The molecule has 0 radical (unpaired) electrons. The number of pyridine rings is 4. The number of nitrogens with zero attached hydrogens (tertiary/aromatic N) is 5. The maximum Gasteiger partial charge on any atom is 0.258 e. The number of rotatable bonds is 1. The molecule has 63 heavy (non-hydrogen) atoms. The van der Waals surface area contributed by atoms with E-state index in [9.17, 15) is 4.79 Å². The molecule has 0 aliphatic heterocycles. The predicted molar refractivity (Wildman–Crippen MR) is 305 cm³/mol. The lowest BCUT2D eigenvalue weighted by molar-refractivity contribution is -0.670. The Morgan fingerprint density at radius 3 is 1.78 bits per heavy atom. The summed E-state index contributed by atoms with van der Waals surface area (Å²) in [4.78, 5) is 21.7. The molecule has 4 aromatic heterocycles. The molecule has 1 aliphatic rings. The maximum absolute atomic E-state index is 11.6. The standard InChI is InChI=1S/C10H8INO.C10H9IN.C9H6BrN.C9H6IN.C8H17N.C2H3N.CH3I.CH3.H2O/c1-12-6-5-7-8(10(12)13)3-2-4-9(7)11;1-12-6-5-9-8(7-12)3-2-4-10(9)11;2*10-9-3-1-2-7-6-11-5-4-8(7)9;1-7-5-3-4-6-8(7)9-2;1-2-3;1-2;;/h2-6H,1H3;2-7H,1H3;2*1-6H;7-9H,3-6H2,1-2H3;1H3;1H3;1H3;1H2/q;+1;;;;;;-1;/t;;;;7-,8-;;;;/m....0..../s1. The second-order valence-corrected chi connectivity index (χ2v) is 18.2. The van der Waals surface area contributed by atoms with Crippen molar-refractivity contribution in [2.24, 2.45) is 20.0 Å². The van der Waals surface area contributed by atoms with E-state index in [0.717, 1.165) is 30.8 Å². The highest BCUT2D eigenvalue weighted by Gasteiger charge is 2.18. The summed E-state index contributed by atoms with van der Waals surface area (Å²) in [5.41, 5.74) is 0.0658. The van der Waals surface area contributed by atoms with Crippen LogP contribution in [0.3, 0.4) is 0 Å². The monoisotopic (exact) mass is 1360 g/mol. The number of hydrogen-bond donors (Lipinski definition) is 1. The van der Waals surface area contributed by atoms with Crippen LogP contribution in [0.4, 0.5) is 0 Å². The van der Waals surface area contributed by atoms with Crippen LogP contribution in [0.1, 0.15) is 39.5 Å². The molecule has 4 aromatic carbocycles. The number of halogens is 5. The summed E-state index contributed by atoms with van der Waals surface area (Å²) < 4.78 is 8.50. The van der Waals surface area contributed by atoms with E-state index < -0.39 is 0 Å². The van der Waals surface area contributed by atoms with Crippen LogP contribution in [0.5, 0.6) is 0 Å². The molecular formula is C50H57BrI4N6O2. The Bertz CT molecular complexity index is 2610. The Hall–Kier alpha value is -2.87. The number of benzene rings is 4. The van der Waals surface area contributed by atoms with Gasteiger partial charge in [0.15, 0.2) is 12.4 Å². The molecule has 0 saturated heterocycles. The summed E-state index contributed by atoms with van der Waals surface area (Å²) in [6.45, 7) is 3.78. The summed E-state index contributed by atoms with van der Waals surface area (Å²) in [5.74, 6) is 0.906. The van der Waals surface area contributed by atoms with Crippen LogP contribution < -0.4 is 15.4 Å². The lowest BCUT2D eigenvalue weighted by Crippen LogP contribution is -2.34. The molecule has 8 nitrogen and oxygen atoms in total. The van der Waals surface area contributed by atoms with Gasteiger partial charge in [0.1, 0.15) is 7.05 Å². The van der Waals surface area contributed by atoms with Gasteiger partial charge in [0, 0.05) is 105 Å². The lowest BCUT2D eigenvalue weighted by Gasteiger charge is -2.27. The van der Waals surface area contributed by atoms with Gasteiger partial charge in [-0.05, 0) is 164 Å². The molecule has 334 valence electrons. The van der Waals surface area contributed by atoms with Crippen molar-refractivity contribution < 1.29 is 10.0 Å². The first kappa shape index (κ1) is 58.1. The first-order chi connectivity index (χ1) is 29.5. The minimum atomic E-state index is 0. The van der Waals surface area contributed by atoms with Gasteiger partial charge in [0.05, 0.1) is 6.07 Å². The number of nitrogens with one attached hydrogen (secondary N) is 1. The van der Waals surface area contributed by atoms with Crippen molar-refractivity contribution in [2.45, 2.75) is 45.6 Å². The third-order valence-electron chi connectivity index (χ3n) is 9.71. The van der Waals surface area contributed by atoms with E-state index in [1.165, 1.54) is 72.1 Å². The fourth-order valence-corrected chi connectivity index (χ4v) is 9.13. The molecule has 3 N–H and O–H groups in total. The third kappa shape index (κ3) is 18.5. The third-order valence-corrected chi connectivity index (χ3v) is 13.2. The fraction of sp³-hybridized carbons (Fsp3) is 0.240. The van der Waals surface area contributed by atoms with Crippen molar-refractivity contribution in [2.75, 3.05) is 12.0 Å². The average Bonchev–Trinajstić information content (AvgIpc) is 3.28. The molecule has 0 amide bonds. The summed E-state index contributed by atoms with van der Waals surface area (Å²) >= 11 is 12.5. The largest absolute Gasteiger partial charge is 0.412 e. The molecule has 1 fully saturated rings. The van der Waals surface area contributed by atoms with Gasteiger partial charge in [-0.15, -0.1) is 0 Å². The van der Waals surface area contributed by atoms with E-state index in [2.05, 4.69) is 189 Å². The first-order valence-corrected chi connectivity index (χ1v) is 25.8. The molecule has 0 bridgehead atoms. The molecule has 1 aliphatic carbocycles. The normalized spacial score (nSPS) is 13.2. The van der Waals surface area contributed by atoms with Crippen molar-refractivity contribution in [3.63, 3.8) is 0 Å². The van der Waals surface area contributed by atoms with Crippen LogP contribution >= 0.6 is 106 Å². The SMILES string of the molecule is Brc1cccc2cnccc12.CC#N.CI.CN[C@H]1CCCC[C@@H]1C.C[n+]1ccc2c(I)cccc2c1.Cn1ccc2c(I)cccc2c1=O.Ic1cccc2cnccc12.O.[CH3-]. The van der Waals surface area contributed by atoms with Crippen molar-refractivity contribution in [3.8, 4) is 6.07 Å². The first-order valence-electron chi connectivity index (χ1n) is 19.6. The Morgan fingerprint density at radius 2 is 1.24 bits per heavy atom. The van der Waals surface area contributed by atoms with Crippen LogP contribution in [0.2, 0.25) is 0 Å². The van der Waals surface area contributed by atoms with Crippen molar-refractivity contribution >= 4 is 149 Å². The average molecular weight is 1360 g/mol. The van der Waals surface area contributed by atoms with Gasteiger partial charge in [-0.25, -0.2) is 4.57 Å². The molecule has 2 atom stereocenters. The summed E-state index contributed by atoms with van der Waals surface area (Å²) in [5, 5.41) is 20.0. The number of nitriles is 1. The molecule has 13 heteroatoms. The maximum atomic E-state index is 11.6. The second kappa shape index (κ2) is 31.9. The topological polar surface area (TPSA) is 119 Å². The molecular weight excluding hydrogens is 1300 g/mol. The van der Waals surface area contributed by atoms with E-state index in [4.69, 9.17) is 5.26 Å². The van der Waals surface area contributed by atoms with Crippen molar-refractivity contribution in [3.05, 3.63) is 173 Å². The summed E-state index contributed by atoms with van der Waals surface area (Å²) in [6, 6.07) is 35.1. The molecule has 0 spiro atoms. The summed E-state index contributed by atoms with van der Waals surface area (Å²) in [7, 11) is 5.88. The van der Waals surface area contributed by atoms with Gasteiger partial charge < -0.3 is 22.8 Å². The molecule has 1 saturated carbocycles. The van der Waals surface area contributed by atoms with Gasteiger partial charge >= 0.3 is 0 Å². The number of alkyl halides is 1. The molecule has 8 aromatic rings. The number of aromatic nitrogens is 4. The van der Waals surface area contributed by atoms with E-state index in [1.807, 2.05) is 91.2 Å². The molecule has 4 heterocycles. The Kier molecular flexibility index (Phi) is 29.5. The van der Waals surface area contributed by atoms with E-state index >= 15 is 0 Å². The van der Waals surface area contributed by atoms with Crippen LogP contribution in [0.25, 0.3) is 43.1 Å². The zero-order chi connectivity index (χ0) is 44.7. The number of aryl methyl sites for hydroxylation is 2. The fourth-order valence-electron chi connectivity index (χ4n) is 6.54. The smallest absolute Gasteiger partial charge is 0.258 e. The van der Waals surface area contributed by atoms with Gasteiger partial charge in [0.25, 0.3) is 5.56 Å². The highest BCUT2D eigenvalue weighted by atomic mass is 127. The zero-order valence-electron chi connectivity index (χ0n) is 36.8. The van der Waals surface area contributed by atoms with E-state index in [1.54, 1.807) is 30.1 Å². The minimum absolute atomic E-state index is 0. The van der Waals surface area contributed by atoms with Crippen molar-refractivity contribution in [1.82, 2.24) is 19.9 Å². The highest BCUT2D eigenvalue weighted by Crippen LogP contribution is 2.24. The van der Waals surface area contributed by atoms with E-state index in [0.29, 0.717) is 0 Å². The quantitative estimate of drug-likeness (QED) is 0.0760. The molecule has 9 rings (SSSR count). The predicted octanol–water partition coefficient (Wildman–Crippen LogP) is 13.2. The Morgan fingerprint density at radius 1 is 0.746 bits per heavy atom. The van der Waals surface area contributed by atoms with Crippen LogP contribution in [-0.2, 0) is 14.1 Å². The summed E-state index contributed by atoms with van der Waals surface area (Å²) in [6.07, 6.45) is 19.1. The van der Waals surface area contributed by atoms with Gasteiger partial charge in [-0.2, -0.15) is 5.26 Å². The minimum Gasteiger partial charge on any atom is -0.412 e. The van der Waals surface area contributed by atoms with Crippen molar-refractivity contribution in [1.29, 1.82) is 5.26 Å². The van der Waals surface area contributed by atoms with Gasteiger partial charge in [-0.3, -0.25) is 14.8 Å². The van der Waals surface area contributed by atoms with Crippen LogP contribution in [0, 0.1) is 35.4 Å². The Balaban J connectivity index is 0.000000382. The van der Waals surface area contributed by atoms with Gasteiger partial charge in [-0.1, -0.05) is 94.7 Å². The zero-order valence-corrected chi connectivity index (χ0v) is 47.0. The number of hydrogen-bond acceptors (Lipinski definition) is 5. The second-order valence-electron chi connectivity index (χ2n) is 13.8. The van der Waals surface area contributed by atoms with Crippen LogP contribution in [-0.4, -0.2) is 38.0 Å². The molecule has 0 unspecified atom stereocenters. The van der Waals surface area contributed by atoms with Gasteiger partial charge in [0.2, 0.25) is 0 Å². The van der Waals surface area contributed by atoms with E-state index in [-0.39, 0.29) is 18.5 Å². The van der Waals surface area contributed by atoms with Crippen LogP contribution in [0.15, 0.2) is 150 Å².